The summed E-state index contributed by atoms with van der Waals surface area (Å²) in [4.78, 5) is 12.0. The molecule has 3 nitrogen and oxygen atoms in total. The molecule has 1 aromatic rings. The third-order valence-corrected chi connectivity index (χ3v) is 4.09. The van der Waals surface area contributed by atoms with Crippen molar-refractivity contribution in [1.82, 2.24) is 0 Å². The van der Waals surface area contributed by atoms with Crippen LogP contribution in [0.25, 0.3) is 6.08 Å². The molecule has 1 fully saturated rings. The van der Waals surface area contributed by atoms with Gasteiger partial charge in [-0.1, -0.05) is 18.7 Å². The lowest BCUT2D eigenvalue weighted by molar-refractivity contribution is -0.111. The van der Waals surface area contributed by atoms with Gasteiger partial charge in [-0.2, -0.15) is 0 Å². The van der Waals surface area contributed by atoms with Crippen LogP contribution in [0.3, 0.4) is 0 Å². The van der Waals surface area contributed by atoms with E-state index in [2.05, 4.69) is 6.58 Å². The Morgan fingerprint density at radius 2 is 1.78 bits per heavy atom. The molecule has 18 heavy (non-hydrogen) atoms. The quantitative estimate of drug-likeness (QED) is 0.769. The fourth-order valence-electron chi connectivity index (χ4n) is 1.89. The van der Waals surface area contributed by atoms with E-state index in [1.807, 2.05) is 0 Å². The summed E-state index contributed by atoms with van der Waals surface area (Å²) in [5.74, 6) is 0.0159. The molecule has 0 amide bonds. The molecule has 0 aromatic heterocycles. The van der Waals surface area contributed by atoms with E-state index in [0.717, 1.165) is 11.1 Å². The van der Waals surface area contributed by atoms with Gasteiger partial charge in [-0.05, 0) is 42.2 Å². The first-order chi connectivity index (χ1) is 8.38. The molecule has 0 radical (unpaired) electrons. The lowest BCUT2D eigenvalue weighted by Gasteiger charge is -2.00. The lowest BCUT2D eigenvalue weighted by Crippen LogP contribution is -1.97. The number of sulfone groups is 1. The number of ketones is 1. The first-order valence-electron chi connectivity index (χ1n) is 5.61. The molecular formula is C14H14O3S. The zero-order valence-electron chi connectivity index (χ0n) is 10.1. The van der Waals surface area contributed by atoms with E-state index in [-0.39, 0.29) is 10.7 Å². The Morgan fingerprint density at radius 1 is 1.17 bits per heavy atom. The molecule has 0 atom stereocenters. The first kappa shape index (κ1) is 12.8. The van der Waals surface area contributed by atoms with Gasteiger partial charge in [0.25, 0.3) is 0 Å². The summed E-state index contributed by atoms with van der Waals surface area (Å²) in [6.07, 6.45) is 4.40. The highest BCUT2D eigenvalue weighted by atomic mass is 32.2. The summed E-state index contributed by atoms with van der Waals surface area (Å²) < 4.78 is 22.6. The van der Waals surface area contributed by atoms with Gasteiger partial charge in [-0.25, -0.2) is 8.42 Å². The summed E-state index contributed by atoms with van der Waals surface area (Å²) in [7, 11) is -3.17. The Hall–Kier alpha value is -1.68. The SMILES string of the molecule is C=C1CC/C(=C\c2ccc(S(C)(=O)=O)cc2)C1=O. The van der Waals surface area contributed by atoms with Crippen molar-refractivity contribution >= 4 is 21.7 Å². The van der Waals surface area contributed by atoms with E-state index in [9.17, 15) is 13.2 Å². The monoisotopic (exact) mass is 262 g/mol. The minimum atomic E-state index is -3.17. The Balaban J connectivity index is 2.29. The summed E-state index contributed by atoms with van der Waals surface area (Å²) in [6, 6.07) is 6.52. The van der Waals surface area contributed by atoms with Crippen LogP contribution in [0.2, 0.25) is 0 Å². The second kappa shape index (κ2) is 4.53. The van der Waals surface area contributed by atoms with Crippen LogP contribution < -0.4 is 0 Å². The van der Waals surface area contributed by atoms with Gasteiger partial charge in [0.2, 0.25) is 0 Å². The number of Topliss-reactive ketones (excluding diaryl/α,β-unsaturated/α-hetero) is 1. The van der Waals surface area contributed by atoms with Crippen molar-refractivity contribution in [2.75, 3.05) is 6.26 Å². The van der Waals surface area contributed by atoms with Crippen LogP contribution in [0, 0.1) is 0 Å². The molecule has 0 bridgehead atoms. The Morgan fingerprint density at radius 3 is 2.22 bits per heavy atom. The van der Waals surface area contributed by atoms with Crippen molar-refractivity contribution in [3.05, 3.63) is 47.6 Å². The molecule has 94 valence electrons. The van der Waals surface area contributed by atoms with Crippen molar-refractivity contribution in [3.63, 3.8) is 0 Å². The lowest BCUT2D eigenvalue weighted by atomic mass is 10.1. The smallest absolute Gasteiger partial charge is 0.184 e. The highest BCUT2D eigenvalue weighted by Gasteiger charge is 2.20. The van der Waals surface area contributed by atoms with Gasteiger partial charge in [0.15, 0.2) is 15.6 Å². The maximum absolute atomic E-state index is 11.7. The normalized spacial score (nSPS) is 18.6. The summed E-state index contributed by atoms with van der Waals surface area (Å²) in [5, 5.41) is 0. The Labute approximate surface area is 107 Å². The van der Waals surface area contributed by atoms with Crippen molar-refractivity contribution in [2.45, 2.75) is 17.7 Å². The molecule has 0 unspecified atom stereocenters. The molecule has 0 N–H and O–H groups in total. The third-order valence-electron chi connectivity index (χ3n) is 2.96. The van der Waals surface area contributed by atoms with Crippen LogP contribution in [-0.4, -0.2) is 20.5 Å². The van der Waals surface area contributed by atoms with Crippen LogP contribution in [0.15, 0.2) is 46.9 Å². The Bertz CT molecular complexity index is 634. The standard InChI is InChI=1S/C14H14O3S/c1-10-3-6-12(14(10)15)9-11-4-7-13(8-5-11)18(2,16)17/h4-5,7-9H,1,3,6H2,2H3/b12-9+. The number of benzene rings is 1. The maximum Gasteiger partial charge on any atom is 0.184 e. The van der Waals surface area contributed by atoms with Gasteiger partial charge in [0, 0.05) is 11.8 Å². The zero-order valence-corrected chi connectivity index (χ0v) is 11.0. The molecule has 0 aliphatic heterocycles. The summed E-state index contributed by atoms with van der Waals surface area (Å²) in [6.45, 7) is 3.70. The fourth-order valence-corrected chi connectivity index (χ4v) is 2.52. The van der Waals surface area contributed by atoms with Crippen molar-refractivity contribution in [3.8, 4) is 0 Å². The minimum absolute atomic E-state index is 0.0159. The number of rotatable bonds is 2. The molecule has 1 aliphatic carbocycles. The van der Waals surface area contributed by atoms with Crippen LogP contribution in [0.1, 0.15) is 18.4 Å². The zero-order chi connectivity index (χ0) is 13.3. The first-order valence-corrected chi connectivity index (χ1v) is 7.50. The number of carbonyl (C=O) groups is 1. The molecule has 4 heteroatoms. The van der Waals surface area contributed by atoms with Crippen molar-refractivity contribution < 1.29 is 13.2 Å². The molecule has 2 rings (SSSR count). The minimum Gasteiger partial charge on any atom is -0.289 e. The molecule has 0 saturated heterocycles. The molecule has 1 aliphatic rings. The van der Waals surface area contributed by atoms with Gasteiger partial charge in [-0.3, -0.25) is 4.79 Å². The highest BCUT2D eigenvalue weighted by Crippen LogP contribution is 2.26. The van der Waals surface area contributed by atoms with Crippen LogP contribution in [0.4, 0.5) is 0 Å². The number of hydrogen-bond acceptors (Lipinski definition) is 3. The van der Waals surface area contributed by atoms with E-state index in [0.29, 0.717) is 18.4 Å². The fraction of sp³-hybridized carbons (Fsp3) is 0.214. The van der Waals surface area contributed by atoms with Gasteiger partial charge in [0.05, 0.1) is 4.90 Å². The molecule has 0 heterocycles. The van der Waals surface area contributed by atoms with E-state index in [4.69, 9.17) is 0 Å². The second-order valence-corrected chi connectivity index (χ2v) is 6.46. The van der Waals surface area contributed by atoms with Crippen LogP contribution in [-0.2, 0) is 14.6 Å². The number of allylic oxidation sites excluding steroid dienone is 2. The predicted molar refractivity (Wildman–Crippen MR) is 70.9 cm³/mol. The molecule has 1 saturated carbocycles. The van der Waals surface area contributed by atoms with Crippen LogP contribution in [0.5, 0.6) is 0 Å². The highest BCUT2D eigenvalue weighted by molar-refractivity contribution is 7.90. The van der Waals surface area contributed by atoms with Gasteiger partial charge >= 0.3 is 0 Å². The van der Waals surface area contributed by atoms with Gasteiger partial charge < -0.3 is 0 Å². The average molecular weight is 262 g/mol. The summed E-state index contributed by atoms with van der Waals surface area (Å²) in [5.41, 5.74) is 2.22. The van der Waals surface area contributed by atoms with E-state index >= 15 is 0 Å². The van der Waals surface area contributed by atoms with Gasteiger partial charge in [-0.15, -0.1) is 0 Å². The second-order valence-electron chi connectivity index (χ2n) is 4.44. The van der Waals surface area contributed by atoms with Crippen molar-refractivity contribution in [2.24, 2.45) is 0 Å². The van der Waals surface area contributed by atoms with Crippen LogP contribution >= 0.6 is 0 Å². The molecule has 1 aromatic carbocycles. The Kier molecular flexibility index (Phi) is 3.22. The number of hydrogen-bond donors (Lipinski definition) is 0. The molecular weight excluding hydrogens is 248 g/mol. The predicted octanol–water partition coefficient (Wildman–Crippen LogP) is 2.39. The van der Waals surface area contributed by atoms with Crippen molar-refractivity contribution in [1.29, 1.82) is 0 Å². The van der Waals surface area contributed by atoms with E-state index < -0.39 is 9.84 Å². The van der Waals surface area contributed by atoms with E-state index in [1.54, 1.807) is 30.3 Å². The van der Waals surface area contributed by atoms with Gasteiger partial charge in [0.1, 0.15) is 0 Å². The topological polar surface area (TPSA) is 51.2 Å². The van der Waals surface area contributed by atoms with E-state index in [1.165, 1.54) is 6.26 Å². The average Bonchev–Trinajstić information content (AvgIpc) is 2.61. The third kappa shape index (κ3) is 2.59. The number of carbonyl (C=O) groups excluding carboxylic acids is 1. The largest absolute Gasteiger partial charge is 0.289 e. The maximum atomic E-state index is 11.7. The molecule has 0 spiro atoms. The summed E-state index contributed by atoms with van der Waals surface area (Å²) >= 11 is 0.